The average Bonchev–Trinajstić information content (AvgIpc) is 3.05. The summed E-state index contributed by atoms with van der Waals surface area (Å²) >= 11 is 1.27. The molecule has 1 unspecified atom stereocenters. The molecule has 0 spiro atoms. The van der Waals surface area contributed by atoms with Gasteiger partial charge in [-0.15, -0.1) is 11.3 Å². The third-order valence-corrected chi connectivity index (χ3v) is 8.17. The minimum atomic E-state index is -3.52. The number of benzene rings is 1. The Balaban J connectivity index is 1.71. The summed E-state index contributed by atoms with van der Waals surface area (Å²) in [4.78, 5) is 13.6. The van der Waals surface area contributed by atoms with Crippen molar-refractivity contribution in [3.8, 4) is 0 Å². The van der Waals surface area contributed by atoms with Crippen LogP contribution < -0.4 is 5.32 Å². The number of amides is 1. The van der Waals surface area contributed by atoms with E-state index in [-0.39, 0.29) is 18.4 Å². The van der Waals surface area contributed by atoms with Crippen molar-refractivity contribution in [1.82, 2.24) is 4.31 Å². The number of hydrogen-bond acceptors (Lipinski definition) is 4. The van der Waals surface area contributed by atoms with Crippen LogP contribution in [0, 0.1) is 26.7 Å². The maximum absolute atomic E-state index is 12.8. The van der Waals surface area contributed by atoms with E-state index in [1.54, 1.807) is 6.07 Å². The standard InChI is InChI=1S/C19H24N2O3S2/c1-13-6-8-17(11-14(13)2)20-19(22)16-5-4-10-21(12-16)26(23,24)18-9-7-15(3)25-18/h6-9,11,16H,4-5,10,12H2,1-3H3,(H,20,22). The molecule has 0 bridgehead atoms. The molecule has 3 rings (SSSR count). The van der Waals surface area contributed by atoms with Crippen molar-refractivity contribution in [2.45, 2.75) is 37.8 Å². The zero-order valence-electron chi connectivity index (χ0n) is 15.3. The van der Waals surface area contributed by atoms with Gasteiger partial charge in [0.2, 0.25) is 5.91 Å². The van der Waals surface area contributed by atoms with Gasteiger partial charge in [0.25, 0.3) is 10.0 Å². The molecule has 5 nitrogen and oxygen atoms in total. The van der Waals surface area contributed by atoms with Crippen molar-refractivity contribution in [1.29, 1.82) is 0 Å². The summed E-state index contributed by atoms with van der Waals surface area (Å²) in [5.41, 5.74) is 3.04. The van der Waals surface area contributed by atoms with Gasteiger partial charge in [-0.05, 0) is 69.0 Å². The van der Waals surface area contributed by atoms with Gasteiger partial charge in [0, 0.05) is 23.7 Å². The highest BCUT2D eigenvalue weighted by Crippen LogP contribution is 2.28. The zero-order chi connectivity index (χ0) is 18.9. The number of anilines is 1. The number of aryl methyl sites for hydroxylation is 3. The molecule has 1 saturated heterocycles. The van der Waals surface area contributed by atoms with E-state index in [1.807, 2.05) is 45.0 Å². The van der Waals surface area contributed by atoms with E-state index in [0.717, 1.165) is 16.1 Å². The van der Waals surface area contributed by atoms with Crippen LogP contribution in [0.5, 0.6) is 0 Å². The minimum Gasteiger partial charge on any atom is -0.326 e. The molecule has 1 aromatic heterocycles. The summed E-state index contributed by atoms with van der Waals surface area (Å²) < 4.78 is 27.4. The summed E-state index contributed by atoms with van der Waals surface area (Å²) in [6.07, 6.45) is 1.39. The maximum atomic E-state index is 12.8. The number of rotatable bonds is 4. The number of piperidine rings is 1. The molecule has 0 saturated carbocycles. The number of carbonyl (C=O) groups is 1. The second-order valence-corrected chi connectivity index (χ2v) is 10.3. The van der Waals surface area contributed by atoms with Crippen molar-refractivity contribution >= 4 is 33.0 Å². The van der Waals surface area contributed by atoms with Gasteiger partial charge in [-0.3, -0.25) is 4.79 Å². The molecule has 1 N–H and O–H groups in total. The molecule has 1 fully saturated rings. The monoisotopic (exact) mass is 392 g/mol. The fourth-order valence-corrected chi connectivity index (χ4v) is 6.08. The number of nitrogens with one attached hydrogen (secondary N) is 1. The highest BCUT2D eigenvalue weighted by Gasteiger charge is 2.34. The second kappa shape index (κ2) is 7.50. The first kappa shape index (κ1) is 19.1. The summed E-state index contributed by atoms with van der Waals surface area (Å²) in [6.45, 7) is 6.61. The minimum absolute atomic E-state index is 0.115. The van der Waals surface area contributed by atoms with Crippen LogP contribution in [-0.2, 0) is 14.8 Å². The summed E-state index contributed by atoms with van der Waals surface area (Å²) in [5, 5.41) is 2.94. The van der Waals surface area contributed by atoms with Gasteiger partial charge in [0.15, 0.2) is 0 Å². The third-order valence-electron chi connectivity index (χ3n) is 4.84. The van der Waals surface area contributed by atoms with Crippen LogP contribution in [0.2, 0.25) is 0 Å². The van der Waals surface area contributed by atoms with Gasteiger partial charge in [-0.1, -0.05) is 6.07 Å². The van der Waals surface area contributed by atoms with E-state index in [2.05, 4.69) is 5.32 Å². The van der Waals surface area contributed by atoms with Crippen molar-refractivity contribution in [3.63, 3.8) is 0 Å². The molecule has 1 aromatic carbocycles. The van der Waals surface area contributed by atoms with E-state index in [0.29, 0.717) is 23.6 Å². The Morgan fingerprint density at radius 3 is 2.58 bits per heavy atom. The van der Waals surface area contributed by atoms with Gasteiger partial charge in [-0.25, -0.2) is 8.42 Å². The molecule has 0 radical (unpaired) electrons. The Hall–Kier alpha value is -1.70. The molecule has 1 atom stereocenters. The van der Waals surface area contributed by atoms with E-state index in [1.165, 1.54) is 21.2 Å². The van der Waals surface area contributed by atoms with Crippen LogP contribution in [0.3, 0.4) is 0 Å². The normalized spacial score (nSPS) is 18.7. The largest absolute Gasteiger partial charge is 0.326 e. The number of carbonyl (C=O) groups excluding carboxylic acids is 1. The van der Waals surface area contributed by atoms with Crippen molar-refractivity contribution in [3.05, 3.63) is 46.3 Å². The third kappa shape index (κ3) is 4.00. The molecule has 1 aliphatic rings. The summed E-state index contributed by atoms with van der Waals surface area (Å²) in [5.74, 6) is -0.447. The SMILES string of the molecule is Cc1ccc(S(=O)(=O)N2CCCC(C(=O)Nc3ccc(C)c(C)c3)C2)s1. The summed E-state index contributed by atoms with van der Waals surface area (Å²) in [6, 6.07) is 9.26. The molecule has 1 amide bonds. The Labute approximate surface area is 159 Å². The van der Waals surface area contributed by atoms with Crippen LogP contribution in [0.1, 0.15) is 28.8 Å². The Morgan fingerprint density at radius 1 is 1.15 bits per heavy atom. The highest BCUT2D eigenvalue weighted by atomic mass is 32.2. The van der Waals surface area contributed by atoms with Gasteiger partial charge < -0.3 is 5.32 Å². The van der Waals surface area contributed by atoms with Crippen LogP contribution in [0.4, 0.5) is 5.69 Å². The molecule has 7 heteroatoms. The Kier molecular flexibility index (Phi) is 5.50. The van der Waals surface area contributed by atoms with E-state index in [9.17, 15) is 13.2 Å². The number of hydrogen-bond donors (Lipinski definition) is 1. The zero-order valence-corrected chi connectivity index (χ0v) is 16.9. The van der Waals surface area contributed by atoms with Gasteiger partial charge in [0.05, 0.1) is 5.92 Å². The van der Waals surface area contributed by atoms with Gasteiger partial charge in [-0.2, -0.15) is 4.31 Å². The molecular formula is C19H24N2O3S2. The fourth-order valence-electron chi connectivity index (χ4n) is 3.12. The molecule has 26 heavy (non-hydrogen) atoms. The molecular weight excluding hydrogens is 368 g/mol. The smallest absolute Gasteiger partial charge is 0.252 e. The lowest BCUT2D eigenvalue weighted by Gasteiger charge is -2.30. The van der Waals surface area contributed by atoms with Crippen molar-refractivity contribution < 1.29 is 13.2 Å². The lowest BCUT2D eigenvalue weighted by Crippen LogP contribution is -2.43. The first-order chi connectivity index (χ1) is 12.3. The van der Waals surface area contributed by atoms with Crippen LogP contribution in [-0.4, -0.2) is 31.7 Å². The Bertz CT molecular complexity index is 919. The molecule has 140 valence electrons. The molecule has 0 aliphatic carbocycles. The van der Waals surface area contributed by atoms with E-state index < -0.39 is 10.0 Å². The van der Waals surface area contributed by atoms with Crippen molar-refractivity contribution in [2.75, 3.05) is 18.4 Å². The molecule has 2 aromatic rings. The first-order valence-electron chi connectivity index (χ1n) is 8.72. The van der Waals surface area contributed by atoms with E-state index in [4.69, 9.17) is 0 Å². The van der Waals surface area contributed by atoms with Crippen molar-refractivity contribution in [2.24, 2.45) is 5.92 Å². The van der Waals surface area contributed by atoms with Gasteiger partial charge in [0.1, 0.15) is 4.21 Å². The number of nitrogens with zero attached hydrogens (tertiary/aromatic N) is 1. The number of sulfonamides is 1. The molecule has 1 aliphatic heterocycles. The second-order valence-electron chi connectivity index (χ2n) is 6.86. The van der Waals surface area contributed by atoms with Crippen LogP contribution in [0.15, 0.2) is 34.5 Å². The van der Waals surface area contributed by atoms with Crippen LogP contribution >= 0.6 is 11.3 Å². The predicted molar refractivity (Wildman–Crippen MR) is 105 cm³/mol. The maximum Gasteiger partial charge on any atom is 0.252 e. The topological polar surface area (TPSA) is 66.5 Å². The number of thiophene rings is 1. The first-order valence-corrected chi connectivity index (χ1v) is 11.0. The molecule has 2 heterocycles. The average molecular weight is 393 g/mol. The quantitative estimate of drug-likeness (QED) is 0.862. The summed E-state index contributed by atoms with van der Waals surface area (Å²) in [7, 11) is -3.52. The Morgan fingerprint density at radius 2 is 1.92 bits per heavy atom. The fraction of sp³-hybridized carbons (Fsp3) is 0.421. The highest BCUT2D eigenvalue weighted by molar-refractivity contribution is 7.91. The lowest BCUT2D eigenvalue weighted by atomic mass is 9.98. The van der Waals surface area contributed by atoms with Gasteiger partial charge >= 0.3 is 0 Å². The predicted octanol–water partition coefficient (Wildman–Crippen LogP) is 3.71. The van der Waals surface area contributed by atoms with Crippen LogP contribution in [0.25, 0.3) is 0 Å². The lowest BCUT2D eigenvalue weighted by molar-refractivity contribution is -0.120. The van der Waals surface area contributed by atoms with E-state index >= 15 is 0 Å².